The van der Waals surface area contributed by atoms with Crippen LogP contribution in [0.2, 0.25) is 10.0 Å². The molecule has 0 aliphatic carbocycles. The molecule has 0 saturated heterocycles. The van der Waals surface area contributed by atoms with Crippen LogP contribution in [0.1, 0.15) is 15.9 Å². The maximum Gasteiger partial charge on any atom is 0.256 e. The van der Waals surface area contributed by atoms with Crippen LogP contribution in [0.15, 0.2) is 42.5 Å². The number of hydrogen-bond acceptors (Lipinski definition) is 3. The largest absolute Gasteiger partial charge is 0.378 e. The summed E-state index contributed by atoms with van der Waals surface area (Å²) in [4.78, 5) is 26.6. The van der Waals surface area contributed by atoms with Crippen molar-refractivity contribution in [2.45, 2.75) is 0 Å². The van der Waals surface area contributed by atoms with Crippen molar-refractivity contribution in [2.75, 3.05) is 24.3 Å². The highest BCUT2D eigenvalue weighted by atomic mass is 35.5. The fraction of sp³-hybridized carbons (Fsp3) is 0.111. The van der Waals surface area contributed by atoms with Crippen molar-refractivity contribution >= 4 is 51.8 Å². The number of nitrogens with one attached hydrogen (secondary N) is 1. The summed E-state index contributed by atoms with van der Waals surface area (Å²) in [5.41, 5.74) is 2.60. The van der Waals surface area contributed by atoms with Gasteiger partial charge in [-0.2, -0.15) is 0 Å². The molecule has 0 atom stereocenters. The highest BCUT2D eigenvalue weighted by Gasteiger charge is 2.29. The van der Waals surface area contributed by atoms with Gasteiger partial charge in [0, 0.05) is 30.9 Å². The van der Waals surface area contributed by atoms with Crippen molar-refractivity contribution in [1.82, 2.24) is 0 Å². The summed E-state index contributed by atoms with van der Waals surface area (Å²) in [6.07, 6.45) is 1.30. The second-order valence-corrected chi connectivity index (χ2v) is 6.41. The SMILES string of the molecule is CN(C)c1ccc(C(=O)C=C2C(=O)Nc3c(Cl)ccc(Cl)c32)cc1. The summed E-state index contributed by atoms with van der Waals surface area (Å²) < 4.78 is 0. The Hall–Kier alpha value is -2.30. The van der Waals surface area contributed by atoms with Crippen molar-refractivity contribution in [3.05, 3.63) is 63.6 Å². The van der Waals surface area contributed by atoms with Gasteiger partial charge in [-0.3, -0.25) is 9.59 Å². The highest BCUT2D eigenvalue weighted by Crippen LogP contribution is 2.41. The Morgan fingerprint density at radius 1 is 1.04 bits per heavy atom. The average Bonchev–Trinajstić information content (AvgIpc) is 2.89. The van der Waals surface area contributed by atoms with Gasteiger partial charge in [-0.15, -0.1) is 0 Å². The topological polar surface area (TPSA) is 49.4 Å². The molecule has 0 spiro atoms. The van der Waals surface area contributed by atoms with Crippen LogP contribution in [0.5, 0.6) is 0 Å². The molecule has 2 aromatic rings. The fourth-order valence-corrected chi connectivity index (χ4v) is 2.97. The average molecular weight is 361 g/mol. The lowest BCUT2D eigenvalue weighted by molar-refractivity contribution is -0.110. The number of allylic oxidation sites excluding steroid dienone is 1. The van der Waals surface area contributed by atoms with Gasteiger partial charge in [0.1, 0.15) is 0 Å². The first-order valence-electron chi connectivity index (χ1n) is 7.21. The summed E-state index contributed by atoms with van der Waals surface area (Å²) in [6, 6.07) is 10.3. The van der Waals surface area contributed by atoms with Crippen molar-refractivity contribution in [3.8, 4) is 0 Å². The van der Waals surface area contributed by atoms with E-state index in [2.05, 4.69) is 5.32 Å². The molecule has 0 radical (unpaired) electrons. The van der Waals surface area contributed by atoms with E-state index in [1.165, 1.54) is 6.08 Å². The van der Waals surface area contributed by atoms with Crippen molar-refractivity contribution < 1.29 is 9.59 Å². The number of halogens is 2. The maximum atomic E-state index is 12.5. The zero-order valence-corrected chi connectivity index (χ0v) is 14.6. The van der Waals surface area contributed by atoms with Gasteiger partial charge in [0.15, 0.2) is 5.78 Å². The minimum Gasteiger partial charge on any atom is -0.378 e. The van der Waals surface area contributed by atoms with Crippen LogP contribution in [0.4, 0.5) is 11.4 Å². The van der Waals surface area contributed by atoms with Gasteiger partial charge in [-0.25, -0.2) is 0 Å². The van der Waals surface area contributed by atoms with Crippen LogP contribution in [0.25, 0.3) is 5.57 Å². The first kappa shape index (κ1) is 16.6. The van der Waals surface area contributed by atoms with E-state index in [0.29, 0.717) is 26.9 Å². The molecule has 1 N–H and O–H groups in total. The zero-order valence-electron chi connectivity index (χ0n) is 13.1. The number of rotatable bonds is 3. The minimum atomic E-state index is -0.390. The number of carbonyl (C=O) groups is 2. The molecule has 1 amide bonds. The van der Waals surface area contributed by atoms with E-state index in [9.17, 15) is 9.59 Å². The van der Waals surface area contributed by atoms with Crippen molar-refractivity contribution in [3.63, 3.8) is 0 Å². The molecule has 24 heavy (non-hydrogen) atoms. The second-order valence-electron chi connectivity index (χ2n) is 5.60. The van der Waals surface area contributed by atoms with Gasteiger partial charge < -0.3 is 10.2 Å². The third kappa shape index (κ3) is 2.90. The standard InChI is InChI=1S/C18H14Cl2N2O2/c1-22(2)11-5-3-10(4-6-11)15(23)9-12-16-13(19)7-8-14(20)17(16)21-18(12)24/h3-9H,1-2H3,(H,21,24). The van der Waals surface area contributed by atoms with Crippen LogP contribution in [0.3, 0.4) is 0 Å². The van der Waals surface area contributed by atoms with Gasteiger partial charge in [0.2, 0.25) is 0 Å². The lowest BCUT2D eigenvalue weighted by Gasteiger charge is -2.12. The lowest BCUT2D eigenvalue weighted by atomic mass is 10.0. The number of anilines is 2. The summed E-state index contributed by atoms with van der Waals surface area (Å²) in [7, 11) is 3.84. The van der Waals surface area contributed by atoms with E-state index < -0.39 is 5.91 Å². The Morgan fingerprint density at radius 2 is 1.67 bits per heavy atom. The summed E-state index contributed by atoms with van der Waals surface area (Å²) in [6.45, 7) is 0. The first-order valence-corrected chi connectivity index (χ1v) is 7.97. The number of ketones is 1. The molecular weight excluding hydrogens is 347 g/mol. The molecule has 122 valence electrons. The Kier molecular flexibility index (Phi) is 4.35. The van der Waals surface area contributed by atoms with E-state index in [0.717, 1.165) is 5.69 Å². The number of benzene rings is 2. The van der Waals surface area contributed by atoms with Gasteiger partial charge in [0.25, 0.3) is 5.91 Å². The van der Waals surface area contributed by atoms with Crippen LogP contribution in [0, 0.1) is 0 Å². The molecule has 4 nitrogen and oxygen atoms in total. The summed E-state index contributed by atoms with van der Waals surface area (Å²) in [5, 5.41) is 3.41. The zero-order chi connectivity index (χ0) is 17.4. The van der Waals surface area contributed by atoms with E-state index in [1.54, 1.807) is 24.3 Å². The third-order valence-corrected chi connectivity index (χ3v) is 4.43. The van der Waals surface area contributed by atoms with E-state index >= 15 is 0 Å². The Bertz CT molecular complexity index is 871. The number of nitrogens with zero attached hydrogens (tertiary/aromatic N) is 1. The Balaban J connectivity index is 1.99. The molecule has 2 aromatic carbocycles. The Morgan fingerprint density at radius 3 is 2.29 bits per heavy atom. The molecular formula is C18H14Cl2N2O2. The van der Waals surface area contributed by atoms with Gasteiger partial charge in [-0.1, -0.05) is 23.2 Å². The highest BCUT2D eigenvalue weighted by molar-refractivity contribution is 6.45. The second kappa shape index (κ2) is 6.30. The molecule has 1 heterocycles. The number of carbonyl (C=O) groups excluding carboxylic acids is 2. The monoisotopic (exact) mass is 360 g/mol. The van der Waals surface area contributed by atoms with Crippen LogP contribution in [-0.2, 0) is 4.79 Å². The quantitative estimate of drug-likeness (QED) is 0.656. The molecule has 6 heteroatoms. The maximum absolute atomic E-state index is 12.5. The number of amides is 1. The fourth-order valence-electron chi connectivity index (χ4n) is 2.51. The van der Waals surface area contributed by atoms with Gasteiger partial charge in [0.05, 0.1) is 21.3 Å². The van der Waals surface area contributed by atoms with Crippen LogP contribution in [-0.4, -0.2) is 25.8 Å². The van der Waals surface area contributed by atoms with Crippen LogP contribution >= 0.6 is 23.2 Å². The minimum absolute atomic E-state index is 0.221. The molecule has 0 aromatic heterocycles. The molecule has 3 rings (SSSR count). The normalized spacial score (nSPS) is 14.5. The summed E-state index contributed by atoms with van der Waals surface area (Å²) in [5.74, 6) is -0.660. The van der Waals surface area contributed by atoms with E-state index in [1.807, 2.05) is 31.1 Å². The summed E-state index contributed by atoms with van der Waals surface area (Å²) >= 11 is 12.3. The smallest absolute Gasteiger partial charge is 0.256 e. The number of fused-ring (bicyclic) bond motifs is 1. The van der Waals surface area contributed by atoms with E-state index in [4.69, 9.17) is 23.2 Å². The molecule has 0 saturated carbocycles. The van der Waals surface area contributed by atoms with Gasteiger partial charge in [-0.05, 0) is 42.5 Å². The van der Waals surface area contributed by atoms with Gasteiger partial charge >= 0.3 is 0 Å². The first-order chi connectivity index (χ1) is 11.4. The molecule has 0 fully saturated rings. The molecule has 0 bridgehead atoms. The van der Waals surface area contributed by atoms with Crippen LogP contribution < -0.4 is 10.2 Å². The number of hydrogen-bond donors (Lipinski definition) is 1. The molecule has 0 unspecified atom stereocenters. The third-order valence-electron chi connectivity index (χ3n) is 3.80. The molecule has 1 aliphatic rings. The predicted molar refractivity (Wildman–Crippen MR) is 98.2 cm³/mol. The molecule has 1 aliphatic heterocycles. The lowest BCUT2D eigenvalue weighted by Crippen LogP contribution is -2.09. The van der Waals surface area contributed by atoms with Crippen molar-refractivity contribution in [1.29, 1.82) is 0 Å². The predicted octanol–water partition coefficient (Wildman–Crippen LogP) is 4.28. The van der Waals surface area contributed by atoms with Crippen molar-refractivity contribution in [2.24, 2.45) is 0 Å². The van der Waals surface area contributed by atoms with E-state index in [-0.39, 0.29) is 11.4 Å². The Labute approximate surface area is 149 Å².